The third kappa shape index (κ3) is 4.39. The van der Waals surface area contributed by atoms with E-state index in [0.717, 1.165) is 26.2 Å². The highest BCUT2D eigenvalue weighted by atomic mass is 35.5. The van der Waals surface area contributed by atoms with Gasteiger partial charge in [0.1, 0.15) is 5.88 Å². The van der Waals surface area contributed by atoms with Gasteiger partial charge in [-0.1, -0.05) is 19.8 Å². The summed E-state index contributed by atoms with van der Waals surface area (Å²) in [6, 6.07) is 0. The van der Waals surface area contributed by atoms with Gasteiger partial charge in [0.2, 0.25) is 5.91 Å². The van der Waals surface area contributed by atoms with Crippen molar-refractivity contribution in [2.75, 3.05) is 38.6 Å². The predicted octanol–water partition coefficient (Wildman–Crippen LogP) is 1.56. The van der Waals surface area contributed by atoms with E-state index in [1.54, 1.807) is 0 Å². The first-order valence-corrected chi connectivity index (χ1v) is 6.37. The van der Waals surface area contributed by atoms with Crippen molar-refractivity contribution < 1.29 is 4.79 Å². The molecule has 0 N–H and O–H groups in total. The lowest BCUT2D eigenvalue weighted by Crippen LogP contribution is -2.49. The fourth-order valence-electron chi connectivity index (χ4n) is 1.89. The van der Waals surface area contributed by atoms with Gasteiger partial charge in [0.25, 0.3) is 0 Å². The van der Waals surface area contributed by atoms with Crippen molar-refractivity contribution in [1.82, 2.24) is 9.80 Å². The lowest BCUT2D eigenvalue weighted by molar-refractivity contribution is -0.130. The summed E-state index contributed by atoms with van der Waals surface area (Å²) < 4.78 is 0. The Balaban J connectivity index is 2.15. The molecule has 0 spiro atoms. The molecule has 0 unspecified atom stereocenters. The fraction of sp³-hybridized carbons (Fsp3) is 0.909. The molecule has 0 aromatic heterocycles. The summed E-state index contributed by atoms with van der Waals surface area (Å²) in [5.74, 6) is 0.195. The highest BCUT2D eigenvalue weighted by Gasteiger charge is 2.19. The van der Waals surface area contributed by atoms with Gasteiger partial charge in [-0.15, -0.1) is 11.6 Å². The Bertz CT molecular complexity index is 191. The molecule has 1 amide bonds. The van der Waals surface area contributed by atoms with Crippen LogP contribution in [0.3, 0.4) is 0 Å². The molecule has 1 aliphatic rings. The van der Waals surface area contributed by atoms with E-state index in [0.29, 0.717) is 0 Å². The Kier molecular flexibility index (Phi) is 6.03. The van der Waals surface area contributed by atoms with Gasteiger partial charge >= 0.3 is 0 Å². The van der Waals surface area contributed by atoms with Crippen LogP contribution in [0.2, 0.25) is 0 Å². The highest BCUT2D eigenvalue weighted by molar-refractivity contribution is 6.27. The standard InChI is InChI=1S/C11H21ClN2O/c1-2-3-4-5-13-6-8-14(9-7-13)11(15)10-12/h2-10H2,1H3. The minimum Gasteiger partial charge on any atom is -0.339 e. The molecule has 3 nitrogen and oxygen atoms in total. The Morgan fingerprint density at radius 3 is 2.40 bits per heavy atom. The molecule has 0 bridgehead atoms. The molecule has 4 heteroatoms. The number of carbonyl (C=O) groups excluding carboxylic acids is 1. The summed E-state index contributed by atoms with van der Waals surface area (Å²) in [6.45, 7) is 7.10. The lowest BCUT2D eigenvalue weighted by Gasteiger charge is -2.34. The zero-order chi connectivity index (χ0) is 11.1. The Hall–Kier alpha value is -0.280. The summed E-state index contributed by atoms with van der Waals surface area (Å²) >= 11 is 5.52. The van der Waals surface area contributed by atoms with Crippen LogP contribution in [-0.4, -0.2) is 54.3 Å². The van der Waals surface area contributed by atoms with E-state index in [4.69, 9.17) is 11.6 Å². The van der Waals surface area contributed by atoms with Crippen LogP contribution in [0.15, 0.2) is 0 Å². The number of halogens is 1. The molecule has 1 saturated heterocycles. The van der Waals surface area contributed by atoms with Gasteiger partial charge < -0.3 is 4.90 Å². The highest BCUT2D eigenvalue weighted by Crippen LogP contribution is 2.05. The molecule has 0 aromatic rings. The maximum absolute atomic E-state index is 11.3. The number of nitrogens with zero attached hydrogens (tertiary/aromatic N) is 2. The smallest absolute Gasteiger partial charge is 0.237 e. The summed E-state index contributed by atoms with van der Waals surface area (Å²) in [7, 11) is 0. The van der Waals surface area contributed by atoms with Gasteiger partial charge in [-0.05, 0) is 13.0 Å². The number of amides is 1. The number of rotatable bonds is 5. The summed E-state index contributed by atoms with van der Waals surface area (Å²) in [5.41, 5.74) is 0. The van der Waals surface area contributed by atoms with Crippen LogP contribution < -0.4 is 0 Å². The van der Waals surface area contributed by atoms with E-state index in [2.05, 4.69) is 11.8 Å². The van der Waals surface area contributed by atoms with Crippen LogP contribution in [0.25, 0.3) is 0 Å². The van der Waals surface area contributed by atoms with Crippen LogP contribution in [0.5, 0.6) is 0 Å². The quantitative estimate of drug-likeness (QED) is 0.531. The van der Waals surface area contributed by atoms with Crippen molar-refractivity contribution in [3.05, 3.63) is 0 Å². The largest absolute Gasteiger partial charge is 0.339 e. The van der Waals surface area contributed by atoms with Gasteiger partial charge in [-0.2, -0.15) is 0 Å². The lowest BCUT2D eigenvalue weighted by atomic mass is 10.2. The second-order valence-electron chi connectivity index (χ2n) is 4.06. The van der Waals surface area contributed by atoms with E-state index in [1.165, 1.54) is 25.8 Å². The van der Waals surface area contributed by atoms with E-state index >= 15 is 0 Å². The van der Waals surface area contributed by atoms with Crippen LogP contribution in [-0.2, 0) is 4.79 Å². The van der Waals surface area contributed by atoms with Crippen LogP contribution >= 0.6 is 11.6 Å². The molecule has 0 radical (unpaired) electrons. The molecule has 1 fully saturated rings. The molecule has 1 heterocycles. The number of alkyl halides is 1. The van der Waals surface area contributed by atoms with Crippen molar-refractivity contribution in [2.45, 2.75) is 26.2 Å². The topological polar surface area (TPSA) is 23.6 Å². The molecule has 0 aromatic carbocycles. The maximum Gasteiger partial charge on any atom is 0.237 e. The SMILES string of the molecule is CCCCCN1CCN(C(=O)CCl)CC1. The number of hydrogen-bond donors (Lipinski definition) is 0. The van der Waals surface area contributed by atoms with Crippen molar-refractivity contribution in [2.24, 2.45) is 0 Å². The first-order valence-electron chi connectivity index (χ1n) is 5.84. The summed E-state index contributed by atoms with van der Waals surface area (Å²) in [5, 5.41) is 0. The Morgan fingerprint density at radius 2 is 1.87 bits per heavy atom. The van der Waals surface area contributed by atoms with Gasteiger partial charge in [0, 0.05) is 26.2 Å². The van der Waals surface area contributed by atoms with Crippen molar-refractivity contribution in [3.8, 4) is 0 Å². The van der Waals surface area contributed by atoms with Crippen LogP contribution in [0.4, 0.5) is 0 Å². The first-order chi connectivity index (χ1) is 7.27. The molecule has 0 aliphatic carbocycles. The maximum atomic E-state index is 11.3. The summed E-state index contributed by atoms with van der Waals surface area (Å²) in [4.78, 5) is 15.6. The van der Waals surface area contributed by atoms with Crippen LogP contribution in [0, 0.1) is 0 Å². The molecular weight excluding hydrogens is 212 g/mol. The number of piperazine rings is 1. The second-order valence-corrected chi connectivity index (χ2v) is 4.33. The minimum atomic E-state index is 0.0740. The number of carbonyl (C=O) groups is 1. The third-order valence-corrected chi connectivity index (χ3v) is 3.15. The van der Waals surface area contributed by atoms with Gasteiger partial charge in [0.15, 0.2) is 0 Å². The fourth-order valence-corrected chi connectivity index (χ4v) is 2.06. The molecule has 15 heavy (non-hydrogen) atoms. The van der Waals surface area contributed by atoms with Crippen LogP contribution in [0.1, 0.15) is 26.2 Å². The van der Waals surface area contributed by atoms with Crippen molar-refractivity contribution >= 4 is 17.5 Å². The Labute approximate surface area is 97.4 Å². The monoisotopic (exact) mass is 232 g/mol. The molecule has 0 atom stereocenters. The predicted molar refractivity (Wildman–Crippen MR) is 63.3 cm³/mol. The molecule has 88 valence electrons. The molecule has 1 rings (SSSR count). The summed E-state index contributed by atoms with van der Waals surface area (Å²) in [6.07, 6.45) is 3.85. The van der Waals surface area contributed by atoms with Gasteiger partial charge in [-0.25, -0.2) is 0 Å². The van der Waals surface area contributed by atoms with E-state index in [9.17, 15) is 4.79 Å². The van der Waals surface area contributed by atoms with E-state index in [-0.39, 0.29) is 11.8 Å². The normalized spacial score (nSPS) is 18.1. The zero-order valence-corrected chi connectivity index (χ0v) is 10.3. The van der Waals surface area contributed by atoms with Gasteiger partial charge in [0.05, 0.1) is 0 Å². The van der Waals surface area contributed by atoms with E-state index in [1.807, 2.05) is 4.90 Å². The van der Waals surface area contributed by atoms with Gasteiger partial charge in [-0.3, -0.25) is 9.69 Å². The third-order valence-electron chi connectivity index (χ3n) is 2.92. The van der Waals surface area contributed by atoms with E-state index < -0.39 is 0 Å². The van der Waals surface area contributed by atoms with Crippen molar-refractivity contribution in [1.29, 1.82) is 0 Å². The average molecular weight is 233 g/mol. The number of hydrogen-bond acceptors (Lipinski definition) is 2. The minimum absolute atomic E-state index is 0.0740. The Morgan fingerprint density at radius 1 is 1.20 bits per heavy atom. The first kappa shape index (κ1) is 12.8. The average Bonchev–Trinajstić information content (AvgIpc) is 2.29. The molecule has 0 saturated carbocycles. The number of unbranched alkanes of at least 4 members (excludes halogenated alkanes) is 2. The zero-order valence-electron chi connectivity index (χ0n) is 9.54. The van der Waals surface area contributed by atoms with Crippen molar-refractivity contribution in [3.63, 3.8) is 0 Å². The molecule has 1 aliphatic heterocycles. The molecular formula is C11H21ClN2O. The second kappa shape index (κ2) is 7.07.